The Morgan fingerprint density at radius 3 is 2.85 bits per heavy atom. The van der Waals surface area contributed by atoms with Crippen LogP contribution in [0.2, 0.25) is 0 Å². The van der Waals surface area contributed by atoms with Gasteiger partial charge in [-0.05, 0) is 58.1 Å². The molecule has 1 aliphatic heterocycles. The summed E-state index contributed by atoms with van der Waals surface area (Å²) in [4.78, 5) is 13.7. The molecule has 1 aromatic heterocycles. The van der Waals surface area contributed by atoms with Crippen molar-refractivity contribution in [2.45, 2.75) is 50.7 Å². The first-order valence-corrected chi connectivity index (χ1v) is 8.54. The van der Waals surface area contributed by atoms with Crippen LogP contribution in [0.15, 0.2) is 15.2 Å². The van der Waals surface area contributed by atoms with E-state index in [4.69, 9.17) is 0 Å². The number of carboxylic acid groups (broad SMARTS) is 1. The molecule has 112 valence electrons. The Kier molecular flexibility index (Phi) is 5.51. The van der Waals surface area contributed by atoms with Crippen LogP contribution in [0.25, 0.3) is 0 Å². The SMILES string of the molecule is Cl.O=C(O)C1CC2CCCCC2N1Cc1csc(Br)c1. The Morgan fingerprint density at radius 1 is 1.45 bits per heavy atom. The predicted octanol–water partition coefficient (Wildman–Crippen LogP) is 4.15. The van der Waals surface area contributed by atoms with Crippen LogP contribution in [-0.4, -0.2) is 28.1 Å². The van der Waals surface area contributed by atoms with E-state index >= 15 is 0 Å². The molecule has 1 N–H and O–H groups in total. The molecule has 0 spiro atoms. The van der Waals surface area contributed by atoms with Gasteiger partial charge >= 0.3 is 5.97 Å². The Labute approximate surface area is 137 Å². The monoisotopic (exact) mass is 379 g/mol. The standard InChI is InChI=1S/C14H18BrNO2S.ClH/c15-13-5-9(8-19-13)7-16-11-4-2-1-3-10(11)6-12(16)14(17)18;/h5,8,10-12H,1-4,6-7H2,(H,17,18);1H. The van der Waals surface area contributed by atoms with Crippen LogP contribution < -0.4 is 0 Å². The van der Waals surface area contributed by atoms with Crippen molar-refractivity contribution >= 4 is 45.6 Å². The molecule has 1 aromatic rings. The van der Waals surface area contributed by atoms with E-state index in [9.17, 15) is 9.90 Å². The molecule has 3 nitrogen and oxygen atoms in total. The summed E-state index contributed by atoms with van der Waals surface area (Å²) >= 11 is 5.15. The third-order valence-corrected chi connectivity index (χ3v) is 6.05. The van der Waals surface area contributed by atoms with E-state index in [0.717, 1.165) is 16.8 Å². The summed E-state index contributed by atoms with van der Waals surface area (Å²) in [6, 6.07) is 2.31. The zero-order chi connectivity index (χ0) is 13.4. The molecule has 3 atom stereocenters. The zero-order valence-electron chi connectivity index (χ0n) is 11.1. The number of hydrogen-bond acceptors (Lipinski definition) is 3. The number of aliphatic carboxylic acids is 1. The van der Waals surface area contributed by atoms with Crippen LogP contribution in [0.5, 0.6) is 0 Å². The van der Waals surface area contributed by atoms with E-state index in [1.807, 2.05) is 0 Å². The van der Waals surface area contributed by atoms with Crippen molar-refractivity contribution in [2.75, 3.05) is 0 Å². The fraction of sp³-hybridized carbons (Fsp3) is 0.643. The van der Waals surface area contributed by atoms with Gasteiger partial charge in [0.1, 0.15) is 6.04 Å². The highest BCUT2D eigenvalue weighted by Gasteiger charge is 2.44. The van der Waals surface area contributed by atoms with E-state index in [0.29, 0.717) is 12.0 Å². The molecule has 0 aromatic carbocycles. The maximum absolute atomic E-state index is 11.5. The normalized spacial score (nSPS) is 29.8. The van der Waals surface area contributed by atoms with Crippen molar-refractivity contribution in [1.29, 1.82) is 0 Å². The molecule has 2 aliphatic rings. The van der Waals surface area contributed by atoms with Crippen LogP contribution in [0.3, 0.4) is 0 Å². The molecule has 1 saturated carbocycles. The van der Waals surface area contributed by atoms with Gasteiger partial charge in [-0.3, -0.25) is 9.69 Å². The van der Waals surface area contributed by atoms with Crippen molar-refractivity contribution < 1.29 is 9.90 Å². The van der Waals surface area contributed by atoms with Gasteiger partial charge in [0.05, 0.1) is 3.79 Å². The van der Waals surface area contributed by atoms with Crippen molar-refractivity contribution in [1.82, 2.24) is 4.90 Å². The minimum Gasteiger partial charge on any atom is -0.480 e. The molecule has 20 heavy (non-hydrogen) atoms. The molecular formula is C14H19BrClNO2S. The maximum Gasteiger partial charge on any atom is 0.320 e. The highest BCUT2D eigenvalue weighted by Crippen LogP contribution is 2.40. The summed E-state index contributed by atoms with van der Waals surface area (Å²) in [6.45, 7) is 0.778. The van der Waals surface area contributed by atoms with Crippen LogP contribution in [0.1, 0.15) is 37.7 Å². The van der Waals surface area contributed by atoms with Crippen LogP contribution in [-0.2, 0) is 11.3 Å². The fourth-order valence-electron chi connectivity index (χ4n) is 3.66. The van der Waals surface area contributed by atoms with Crippen molar-refractivity contribution in [2.24, 2.45) is 5.92 Å². The summed E-state index contributed by atoms with van der Waals surface area (Å²) in [5.41, 5.74) is 1.23. The summed E-state index contributed by atoms with van der Waals surface area (Å²) in [5.74, 6) is -0.0550. The average molecular weight is 381 g/mol. The first-order chi connectivity index (χ1) is 9.15. The van der Waals surface area contributed by atoms with E-state index in [2.05, 4.69) is 32.3 Å². The summed E-state index contributed by atoms with van der Waals surface area (Å²) in [7, 11) is 0. The fourth-order valence-corrected chi connectivity index (χ4v) is 4.86. The van der Waals surface area contributed by atoms with Gasteiger partial charge in [-0.15, -0.1) is 23.7 Å². The van der Waals surface area contributed by atoms with Gasteiger partial charge in [0.15, 0.2) is 0 Å². The second-order valence-corrected chi connectivity index (χ2v) is 7.92. The van der Waals surface area contributed by atoms with Crippen molar-refractivity contribution in [3.05, 3.63) is 20.8 Å². The van der Waals surface area contributed by atoms with Crippen molar-refractivity contribution in [3.8, 4) is 0 Å². The smallest absolute Gasteiger partial charge is 0.320 e. The Bertz CT molecular complexity index is 481. The van der Waals surface area contributed by atoms with E-state index < -0.39 is 5.97 Å². The van der Waals surface area contributed by atoms with Gasteiger partial charge in [-0.1, -0.05) is 12.8 Å². The number of halogens is 2. The van der Waals surface area contributed by atoms with Gasteiger partial charge in [-0.2, -0.15) is 0 Å². The number of carbonyl (C=O) groups is 1. The number of likely N-dealkylation sites (tertiary alicyclic amines) is 1. The maximum atomic E-state index is 11.5. The lowest BCUT2D eigenvalue weighted by Gasteiger charge is -2.32. The molecule has 0 amide bonds. The lowest BCUT2D eigenvalue weighted by Crippen LogP contribution is -2.41. The molecule has 3 unspecified atom stereocenters. The molecular weight excluding hydrogens is 362 g/mol. The van der Waals surface area contributed by atoms with Crippen molar-refractivity contribution in [3.63, 3.8) is 0 Å². The minimum absolute atomic E-state index is 0. The lowest BCUT2D eigenvalue weighted by molar-refractivity contribution is -0.142. The summed E-state index contributed by atoms with van der Waals surface area (Å²) < 4.78 is 1.12. The largest absolute Gasteiger partial charge is 0.480 e. The Balaban J connectivity index is 0.00000147. The summed E-state index contributed by atoms with van der Waals surface area (Å²) in [5, 5.41) is 11.6. The lowest BCUT2D eigenvalue weighted by atomic mass is 9.85. The first-order valence-electron chi connectivity index (χ1n) is 6.86. The number of nitrogens with zero attached hydrogens (tertiary/aromatic N) is 1. The minimum atomic E-state index is -0.649. The van der Waals surface area contributed by atoms with Crippen LogP contribution in [0.4, 0.5) is 0 Å². The summed E-state index contributed by atoms with van der Waals surface area (Å²) in [6.07, 6.45) is 5.73. The van der Waals surface area contributed by atoms with Crippen LogP contribution >= 0.6 is 39.7 Å². The predicted molar refractivity (Wildman–Crippen MR) is 86.6 cm³/mol. The van der Waals surface area contributed by atoms with E-state index in [1.54, 1.807) is 11.3 Å². The topological polar surface area (TPSA) is 40.5 Å². The van der Waals surface area contributed by atoms with Gasteiger partial charge < -0.3 is 5.11 Å². The molecule has 2 heterocycles. The number of hydrogen-bond donors (Lipinski definition) is 1. The number of thiophene rings is 1. The zero-order valence-corrected chi connectivity index (χ0v) is 14.3. The number of fused-ring (bicyclic) bond motifs is 1. The highest BCUT2D eigenvalue weighted by molar-refractivity contribution is 9.11. The van der Waals surface area contributed by atoms with E-state index in [1.165, 1.54) is 31.2 Å². The molecule has 1 saturated heterocycles. The molecule has 0 bridgehead atoms. The molecule has 0 radical (unpaired) electrons. The molecule has 2 fully saturated rings. The third-order valence-electron chi connectivity index (χ3n) is 4.49. The molecule has 1 aliphatic carbocycles. The van der Waals surface area contributed by atoms with Gasteiger partial charge in [-0.25, -0.2) is 0 Å². The second-order valence-electron chi connectivity index (χ2n) is 5.63. The van der Waals surface area contributed by atoms with Gasteiger partial charge in [0, 0.05) is 12.6 Å². The van der Waals surface area contributed by atoms with Crippen LogP contribution in [0, 0.1) is 5.92 Å². The second kappa shape index (κ2) is 6.77. The van der Waals surface area contributed by atoms with Gasteiger partial charge in [0.25, 0.3) is 0 Å². The molecule has 6 heteroatoms. The third kappa shape index (κ3) is 3.21. The molecule has 3 rings (SSSR count). The Morgan fingerprint density at radius 2 is 2.20 bits per heavy atom. The number of rotatable bonds is 3. The number of carboxylic acids is 1. The van der Waals surface area contributed by atoms with E-state index in [-0.39, 0.29) is 18.4 Å². The Hall–Kier alpha value is -0.100. The van der Waals surface area contributed by atoms with Gasteiger partial charge in [0.2, 0.25) is 0 Å². The first kappa shape index (κ1) is 16.3. The average Bonchev–Trinajstić information content (AvgIpc) is 2.95. The highest BCUT2D eigenvalue weighted by atomic mass is 79.9. The quantitative estimate of drug-likeness (QED) is 0.856.